The van der Waals surface area contributed by atoms with Crippen LogP contribution in [0.25, 0.3) is 0 Å². The second-order valence-corrected chi connectivity index (χ2v) is 7.35. The van der Waals surface area contributed by atoms with Crippen molar-refractivity contribution in [3.63, 3.8) is 0 Å². The third-order valence-corrected chi connectivity index (χ3v) is 5.25. The zero-order chi connectivity index (χ0) is 16.2. The Morgan fingerprint density at radius 3 is 2.78 bits per heavy atom. The minimum Gasteiger partial charge on any atom is -0.480 e. The van der Waals surface area contributed by atoms with Crippen molar-refractivity contribution < 1.29 is 14.7 Å². The molecule has 0 aromatic carbocycles. The lowest BCUT2D eigenvalue weighted by Gasteiger charge is -2.42. The average molecular weight is 337 g/mol. The van der Waals surface area contributed by atoms with E-state index in [-0.39, 0.29) is 18.5 Å². The predicted molar refractivity (Wildman–Crippen MR) is 87.3 cm³/mol. The molecule has 2 N–H and O–H groups in total. The van der Waals surface area contributed by atoms with Crippen LogP contribution >= 0.6 is 11.3 Å². The molecule has 0 spiro atoms. The van der Waals surface area contributed by atoms with E-state index in [9.17, 15) is 9.59 Å². The Morgan fingerprint density at radius 1 is 1.39 bits per heavy atom. The molecule has 0 unspecified atom stereocenters. The number of nitrogens with zero attached hydrogens (tertiary/aromatic N) is 2. The van der Waals surface area contributed by atoms with Crippen LogP contribution in [0.1, 0.15) is 37.8 Å². The molecule has 23 heavy (non-hydrogen) atoms. The first-order chi connectivity index (χ1) is 11.1. The van der Waals surface area contributed by atoms with Gasteiger partial charge in [-0.3, -0.25) is 14.5 Å². The van der Waals surface area contributed by atoms with Gasteiger partial charge in [0, 0.05) is 30.4 Å². The summed E-state index contributed by atoms with van der Waals surface area (Å²) in [4.78, 5) is 29.2. The minimum atomic E-state index is -0.763. The number of aromatic nitrogens is 1. The number of carbonyl (C=O) groups excluding carboxylic acids is 1. The van der Waals surface area contributed by atoms with E-state index in [1.165, 1.54) is 12.8 Å². The van der Waals surface area contributed by atoms with E-state index < -0.39 is 5.97 Å². The average Bonchev–Trinajstić information content (AvgIpc) is 3.11. The van der Waals surface area contributed by atoms with E-state index in [0.29, 0.717) is 24.8 Å². The highest BCUT2D eigenvalue weighted by Crippen LogP contribution is 2.33. The topological polar surface area (TPSA) is 82.5 Å². The van der Waals surface area contributed by atoms with Crippen molar-refractivity contribution in [3.05, 3.63) is 16.6 Å². The van der Waals surface area contributed by atoms with E-state index >= 15 is 0 Å². The molecule has 0 bridgehead atoms. The third-order valence-electron chi connectivity index (χ3n) is 4.61. The molecule has 2 aliphatic carbocycles. The maximum atomic E-state index is 11.9. The molecule has 0 aliphatic heterocycles. The highest BCUT2D eigenvalue weighted by atomic mass is 32.1. The van der Waals surface area contributed by atoms with Crippen molar-refractivity contribution in [1.29, 1.82) is 0 Å². The van der Waals surface area contributed by atoms with E-state index in [1.807, 2.05) is 5.38 Å². The number of thiazole rings is 1. The Balaban J connectivity index is 1.37. The maximum Gasteiger partial charge on any atom is 0.317 e. The van der Waals surface area contributed by atoms with Gasteiger partial charge in [0.15, 0.2) is 0 Å². The Kier molecular flexibility index (Phi) is 5.27. The number of hydrogen-bond acceptors (Lipinski definition) is 5. The Bertz CT molecular complexity index is 539. The van der Waals surface area contributed by atoms with Crippen LogP contribution in [0.4, 0.5) is 0 Å². The number of hydrogen-bond donors (Lipinski definition) is 2. The lowest BCUT2D eigenvalue weighted by atomic mass is 9.85. The summed E-state index contributed by atoms with van der Waals surface area (Å²) in [5.74, 6) is -0.0177. The second kappa shape index (κ2) is 7.40. The molecule has 7 heteroatoms. The van der Waals surface area contributed by atoms with Gasteiger partial charge in [-0.05, 0) is 38.0 Å². The summed E-state index contributed by atoms with van der Waals surface area (Å²) in [6.07, 6.45) is 5.31. The van der Waals surface area contributed by atoms with Crippen LogP contribution in [0.15, 0.2) is 10.9 Å². The number of carboxylic acid groups (broad SMARTS) is 1. The monoisotopic (exact) mass is 337 g/mol. The SMILES string of the molecule is O=C(O)CN(CC1CC1)C1CC(NC(=O)CCc2cscn2)C1. The summed E-state index contributed by atoms with van der Waals surface area (Å²) in [6.45, 7) is 1.01. The Morgan fingerprint density at radius 2 is 2.17 bits per heavy atom. The molecular weight excluding hydrogens is 314 g/mol. The van der Waals surface area contributed by atoms with Crippen LogP contribution < -0.4 is 5.32 Å². The number of nitrogens with one attached hydrogen (secondary N) is 1. The van der Waals surface area contributed by atoms with Gasteiger partial charge >= 0.3 is 5.97 Å². The molecule has 126 valence electrons. The third kappa shape index (κ3) is 5.00. The highest BCUT2D eigenvalue weighted by molar-refractivity contribution is 7.07. The fourth-order valence-corrected chi connectivity index (χ4v) is 3.65. The number of aryl methyl sites for hydroxylation is 1. The van der Waals surface area contributed by atoms with Gasteiger partial charge in [-0.2, -0.15) is 0 Å². The molecule has 0 atom stereocenters. The molecule has 2 aliphatic rings. The number of carboxylic acids is 1. The summed E-state index contributed by atoms with van der Waals surface area (Å²) in [5, 5.41) is 14.1. The van der Waals surface area contributed by atoms with Crippen molar-refractivity contribution in [3.8, 4) is 0 Å². The van der Waals surface area contributed by atoms with Crippen molar-refractivity contribution in [1.82, 2.24) is 15.2 Å². The fraction of sp³-hybridized carbons (Fsp3) is 0.688. The molecule has 2 fully saturated rings. The maximum absolute atomic E-state index is 11.9. The molecule has 2 saturated carbocycles. The second-order valence-electron chi connectivity index (χ2n) is 6.64. The molecule has 1 amide bonds. The zero-order valence-corrected chi connectivity index (χ0v) is 13.9. The highest BCUT2D eigenvalue weighted by Gasteiger charge is 2.37. The standard InChI is InChI=1S/C16H23N3O3S/c20-15(4-3-12-9-23-10-17-12)18-13-5-14(6-13)19(8-16(21)22)7-11-1-2-11/h9-11,13-14H,1-8H2,(H,18,20)(H,21,22). The summed E-state index contributed by atoms with van der Waals surface area (Å²) in [7, 11) is 0. The van der Waals surface area contributed by atoms with Gasteiger partial charge in [-0.1, -0.05) is 0 Å². The fourth-order valence-electron chi connectivity index (χ4n) is 3.05. The Labute approximate surface area is 139 Å². The van der Waals surface area contributed by atoms with Crippen LogP contribution in [0, 0.1) is 5.92 Å². The van der Waals surface area contributed by atoms with Gasteiger partial charge in [-0.25, -0.2) is 4.98 Å². The summed E-state index contributed by atoms with van der Waals surface area (Å²) >= 11 is 1.54. The number of carbonyl (C=O) groups is 2. The lowest BCUT2D eigenvalue weighted by Crippen LogP contribution is -2.55. The first kappa shape index (κ1) is 16.4. The van der Waals surface area contributed by atoms with Crippen molar-refractivity contribution >= 4 is 23.2 Å². The van der Waals surface area contributed by atoms with Crippen molar-refractivity contribution in [2.24, 2.45) is 5.92 Å². The van der Waals surface area contributed by atoms with Gasteiger partial charge in [0.05, 0.1) is 17.7 Å². The van der Waals surface area contributed by atoms with Gasteiger partial charge in [0.2, 0.25) is 5.91 Å². The summed E-state index contributed by atoms with van der Waals surface area (Å²) in [6, 6.07) is 0.494. The lowest BCUT2D eigenvalue weighted by molar-refractivity contribution is -0.140. The molecule has 6 nitrogen and oxygen atoms in total. The van der Waals surface area contributed by atoms with Crippen LogP contribution in [-0.2, 0) is 16.0 Å². The number of aliphatic carboxylic acids is 1. The smallest absolute Gasteiger partial charge is 0.317 e. The number of rotatable bonds is 9. The molecule has 1 aromatic rings. The van der Waals surface area contributed by atoms with Crippen LogP contribution in [0.2, 0.25) is 0 Å². The molecule has 1 aromatic heterocycles. The van der Waals surface area contributed by atoms with Gasteiger partial charge < -0.3 is 10.4 Å². The normalized spacial score (nSPS) is 23.5. The van der Waals surface area contributed by atoms with Crippen LogP contribution in [-0.4, -0.2) is 52.0 Å². The molecule has 0 radical (unpaired) electrons. The Hall–Kier alpha value is -1.47. The molecular formula is C16H23N3O3S. The van der Waals surface area contributed by atoms with Crippen molar-refractivity contribution in [2.45, 2.75) is 50.6 Å². The predicted octanol–water partition coefficient (Wildman–Crippen LogP) is 1.52. The van der Waals surface area contributed by atoms with E-state index in [4.69, 9.17) is 5.11 Å². The van der Waals surface area contributed by atoms with Gasteiger partial charge in [-0.15, -0.1) is 11.3 Å². The minimum absolute atomic E-state index is 0.0634. The molecule has 3 rings (SSSR count). The quantitative estimate of drug-likeness (QED) is 0.714. The molecule has 1 heterocycles. The van der Waals surface area contributed by atoms with Gasteiger partial charge in [0.25, 0.3) is 0 Å². The van der Waals surface area contributed by atoms with Crippen molar-refractivity contribution in [2.75, 3.05) is 13.1 Å². The number of amides is 1. The first-order valence-electron chi connectivity index (χ1n) is 8.22. The first-order valence-corrected chi connectivity index (χ1v) is 9.16. The van der Waals surface area contributed by atoms with Crippen LogP contribution in [0.3, 0.4) is 0 Å². The van der Waals surface area contributed by atoms with E-state index in [1.54, 1.807) is 16.8 Å². The summed E-state index contributed by atoms with van der Waals surface area (Å²) < 4.78 is 0. The zero-order valence-electron chi connectivity index (χ0n) is 13.1. The van der Waals surface area contributed by atoms with E-state index in [0.717, 1.165) is 25.1 Å². The molecule has 0 saturated heterocycles. The van der Waals surface area contributed by atoms with E-state index in [2.05, 4.69) is 15.2 Å². The van der Waals surface area contributed by atoms with Gasteiger partial charge in [0.1, 0.15) is 0 Å². The largest absolute Gasteiger partial charge is 0.480 e. The van der Waals surface area contributed by atoms with Crippen LogP contribution in [0.5, 0.6) is 0 Å². The summed E-state index contributed by atoms with van der Waals surface area (Å²) in [5.41, 5.74) is 2.74.